The van der Waals surface area contributed by atoms with E-state index in [0.29, 0.717) is 17.4 Å². The molecule has 0 aromatic rings. The number of carbonyl (C=O) groups is 2. The van der Waals surface area contributed by atoms with Crippen LogP contribution in [0, 0.1) is 0 Å². The molecule has 90 heavy (non-hydrogen) atoms. The summed E-state index contributed by atoms with van der Waals surface area (Å²) in [5.74, 6) is -0.805. The molecule has 0 heterocycles. The van der Waals surface area contributed by atoms with Gasteiger partial charge in [0.25, 0.3) is 7.82 Å². The zero-order valence-corrected chi connectivity index (χ0v) is 62.3. The molecule has 0 rings (SSSR count). The van der Waals surface area contributed by atoms with Crippen LogP contribution in [0.25, 0.3) is 0 Å². The summed E-state index contributed by atoms with van der Waals surface area (Å²) >= 11 is 0. The highest BCUT2D eigenvalue weighted by atomic mass is 31.2. The summed E-state index contributed by atoms with van der Waals surface area (Å²) in [7, 11) is 1.19. The lowest BCUT2D eigenvalue weighted by Crippen LogP contribution is -2.37. The number of unbranched alkanes of at least 4 members (excludes halogenated alkanes) is 61. The van der Waals surface area contributed by atoms with E-state index >= 15 is 0 Å². The van der Waals surface area contributed by atoms with Gasteiger partial charge in [-0.3, -0.25) is 14.2 Å². The molecule has 0 spiro atoms. The standard InChI is InChI=1S/C80H158NO8P/c1-6-8-10-12-14-16-18-20-22-24-26-28-30-32-34-35-36-37-38-39-40-41-42-43-44-45-47-48-50-52-54-56-58-60-62-64-66-68-70-72-79(82)86-76-78(77-88-90(84,85)87-75-74-81(3,4)5)89-80(83)73-71-69-67-65-63-61-59-57-55-53-51-49-46-33-31-29-27-25-23-21-19-17-15-13-11-9-7-2/h25,27,78H,6-24,26,28-77H2,1-5H3/b27-25-. The first-order valence-electron chi connectivity index (χ1n) is 40.4. The van der Waals surface area contributed by atoms with Gasteiger partial charge in [-0.25, -0.2) is 0 Å². The third-order valence-electron chi connectivity index (χ3n) is 18.8. The molecule has 0 aromatic heterocycles. The summed E-state index contributed by atoms with van der Waals surface area (Å²) in [6, 6.07) is 0. The van der Waals surface area contributed by atoms with Crippen molar-refractivity contribution >= 4 is 19.8 Å². The van der Waals surface area contributed by atoms with E-state index in [1.165, 1.54) is 372 Å². The average Bonchev–Trinajstić information content (AvgIpc) is 3.61. The highest BCUT2D eigenvalue weighted by molar-refractivity contribution is 7.45. The van der Waals surface area contributed by atoms with Crippen LogP contribution in [-0.2, 0) is 32.7 Å². The molecule has 0 aliphatic rings. The average molecular weight is 1290 g/mol. The highest BCUT2D eigenvalue weighted by Crippen LogP contribution is 2.38. The fourth-order valence-electron chi connectivity index (χ4n) is 12.6. The molecule has 10 heteroatoms. The molecular formula is C80H158NO8P. The third kappa shape index (κ3) is 75.8. The number of phosphoric acid groups is 1. The van der Waals surface area contributed by atoms with Crippen LogP contribution in [0.4, 0.5) is 0 Å². The molecule has 0 saturated heterocycles. The first-order chi connectivity index (χ1) is 44.0. The Hall–Kier alpha value is -1.25. The summed E-state index contributed by atoms with van der Waals surface area (Å²) in [6.07, 6.45) is 90.7. The number of phosphoric ester groups is 1. The van der Waals surface area contributed by atoms with E-state index in [2.05, 4.69) is 26.0 Å². The first-order valence-corrected chi connectivity index (χ1v) is 41.9. The SMILES string of the molecule is CCCCCCCCCC/C=C\CCCCCCCCCCCCCCCCCC(=O)OC(COC(=O)CCCCCCCCCCCCCCCCCCCCCCCCCCCCCCCCCCCCCCCCC)COP(=O)([O-])OCC[N+](C)(C)C. The van der Waals surface area contributed by atoms with E-state index in [1.807, 2.05) is 21.1 Å². The fourth-order valence-corrected chi connectivity index (χ4v) is 13.3. The molecule has 2 unspecified atom stereocenters. The Morgan fingerprint density at radius 1 is 0.333 bits per heavy atom. The Morgan fingerprint density at radius 3 is 0.822 bits per heavy atom. The molecule has 0 fully saturated rings. The lowest BCUT2D eigenvalue weighted by atomic mass is 10.0. The van der Waals surface area contributed by atoms with Gasteiger partial charge in [0, 0.05) is 12.8 Å². The van der Waals surface area contributed by atoms with Gasteiger partial charge in [0.05, 0.1) is 27.7 Å². The van der Waals surface area contributed by atoms with Gasteiger partial charge in [0.2, 0.25) is 0 Å². The minimum Gasteiger partial charge on any atom is -0.756 e. The molecule has 0 saturated carbocycles. The van der Waals surface area contributed by atoms with Gasteiger partial charge < -0.3 is 27.9 Å². The van der Waals surface area contributed by atoms with Crippen molar-refractivity contribution < 1.29 is 42.1 Å². The topological polar surface area (TPSA) is 111 Å². The van der Waals surface area contributed by atoms with Crippen molar-refractivity contribution in [2.24, 2.45) is 0 Å². The quantitative estimate of drug-likeness (QED) is 0.0195. The number of allylic oxidation sites excluding steroid dienone is 2. The minimum atomic E-state index is -4.64. The lowest BCUT2D eigenvalue weighted by molar-refractivity contribution is -0.870. The number of carbonyl (C=O) groups excluding carboxylic acids is 2. The molecule has 0 aliphatic carbocycles. The van der Waals surface area contributed by atoms with Gasteiger partial charge in [-0.05, 0) is 38.5 Å². The zero-order valence-electron chi connectivity index (χ0n) is 61.4. The van der Waals surface area contributed by atoms with Crippen molar-refractivity contribution in [3.63, 3.8) is 0 Å². The minimum absolute atomic E-state index is 0.0261. The summed E-state index contributed by atoms with van der Waals surface area (Å²) < 4.78 is 34.4. The number of nitrogens with zero attached hydrogens (tertiary/aromatic N) is 1. The second kappa shape index (κ2) is 72.0. The van der Waals surface area contributed by atoms with Crippen molar-refractivity contribution in [1.82, 2.24) is 0 Å². The van der Waals surface area contributed by atoms with Crippen molar-refractivity contribution in [3.05, 3.63) is 12.2 Å². The van der Waals surface area contributed by atoms with Gasteiger partial charge in [0.1, 0.15) is 19.8 Å². The monoisotopic (exact) mass is 1290 g/mol. The number of hydrogen-bond donors (Lipinski definition) is 0. The van der Waals surface area contributed by atoms with Gasteiger partial charge >= 0.3 is 11.9 Å². The van der Waals surface area contributed by atoms with Gasteiger partial charge in [0.15, 0.2) is 6.10 Å². The van der Waals surface area contributed by atoms with Crippen molar-refractivity contribution in [2.75, 3.05) is 47.5 Å². The Kier molecular flexibility index (Phi) is 71.0. The van der Waals surface area contributed by atoms with E-state index in [0.717, 1.165) is 32.1 Å². The van der Waals surface area contributed by atoms with Crippen LogP contribution in [0.2, 0.25) is 0 Å². The third-order valence-corrected chi connectivity index (χ3v) is 19.7. The predicted molar refractivity (Wildman–Crippen MR) is 388 cm³/mol. The van der Waals surface area contributed by atoms with Crippen LogP contribution in [-0.4, -0.2) is 70.0 Å². The zero-order chi connectivity index (χ0) is 65.5. The Labute approximate surface area is 562 Å². The maximum Gasteiger partial charge on any atom is 0.306 e. The molecule has 9 nitrogen and oxygen atoms in total. The second-order valence-electron chi connectivity index (χ2n) is 29.1. The van der Waals surface area contributed by atoms with E-state index < -0.39 is 26.5 Å². The van der Waals surface area contributed by atoms with Crippen LogP contribution in [0.3, 0.4) is 0 Å². The van der Waals surface area contributed by atoms with E-state index in [1.54, 1.807) is 0 Å². The second-order valence-corrected chi connectivity index (χ2v) is 30.6. The molecule has 0 aliphatic heterocycles. The molecule has 0 N–H and O–H groups in total. The van der Waals surface area contributed by atoms with Crippen LogP contribution < -0.4 is 4.89 Å². The first kappa shape index (κ1) is 88.8. The van der Waals surface area contributed by atoms with Crippen molar-refractivity contribution in [2.45, 2.75) is 444 Å². The van der Waals surface area contributed by atoms with Crippen LogP contribution >= 0.6 is 7.82 Å². The van der Waals surface area contributed by atoms with E-state index in [4.69, 9.17) is 18.5 Å². The van der Waals surface area contributed by atoms with Gasteiger partial charge in [-0.2, -0.15) is 0 Å². The lowest BCUT2D eigenvalue weighted by Gasteiger charge is -2.28. The number of rotatable bonds is 77. The van der Waals surface area contributed by atoms with Crippen molar-refractivity contribution in [1.29, 1.82) is 0 Å². The number of esters is 2. The molecule has 2 atom stereocenters. The summed E-state index contributed by atoms with van der Waals surface area (Å²) in [6.45, 7) is 4.34. The number of likely N-dealkylation sites (N-methyl/N-ethyl adjacent to an activating group) is 1. The molecule has 0 radical (unpaired) electrons. The molecular weight excluding hydrogens is 1130 g/mol. The Morgan fingerprint density at radius 2 is 0.567 bits per heavy atom. The highest BCUT2D eigenvalue weighted by Gasteiger charge is 2.22. The summed E-state index contributed by atoms with van der Waals surface area (Å²) in [4.78, 5) is 38.1. The van der Waals surface area contributed by atoms with Gasteiger partial charge in [-0.15, -0.1) is 0 Å². The normalized spacial score (nSPS) is 13.0. The number of quaternary nitrogens is 1. The molecule has 0 aromatic carbocycles. The number of ether oxygens (including phenoxy) is 2. The predicted octanol–water partition coefficient (Wildman–Crippen LogP) is 26.0. The maximum atomic E-state index is 12.9. The summed E-state index contributed by atoms with van der Waals surface area (Å²) in [5, 5.41) is 0. The maximum absolute atomic E-state index is 12.9. The Bertz CT molecular complexity index is 1520. The van der Waals surface area contributed by atoms with E-state index in [-0.39, 0.29) is 32.0 Å². The molecule has 0 amide bonds. The molecule has 536 valence electrons. The Balaban J connectivity index is 3.86. The van der Waals surface area contributed by atoms with Crippen LogP contribution in [0.5, 0.6) is 0 Å². The number of hydrogen-bond acceptors (Lipinski definition) is 8. The smallest absolute Gasteiger partial charge is 0.306 e. The fraction of sp³-hybridized carbons (Fsp3) is 0.950. The van der Waals surface area contributed by atoms with Gasteiger partial charge in [-0.1, -0.05) is 398 Å². The largest absolute Gasteiger partial charge is 0.756 e. The molecule has 0 bridgehead atoms. The summed E-state index contributed by atoms with van der Waals surface area (Å²) in [5.41, 5.74) is 0. The van der Waals surface area contributed by atoms with Crippen LogP contribution in [0.15, 0.2) is 12.2 Å². The van der Waals surface area contributed by atoms with Crippen molar-refractivity contribution in [3.8, 4) is 0 Å². The van der Waals surface area contributed by atoms with E-state index in [9.17, 15) is 19.0 Å². The van der Waals surface area contributed by atoms with Crippen LogP contribution in [0.1, 0.15) is 438 Å².